The van der Waals surface area contributed by atoms with Gasteiger partial charge in [-0.05, 0) is 25.0 Å². The monoisotopic (exact) mass is 287 g/mol. The van der Waals surface area contributed by atoms with Gasteiger partial charge in [-0.1, -0.05) is 23.9 Å². The van der Waals surface area contributed by atoms with E-state index in [0.717, 1.165) is 0 Å². The van der Waals surface area contributed by atoms with E-state index in [2.05, 4.69) is 0 Å². The van der Waals surface area contributed by atoms with E-state index >= 15 is 0 Å². The van der Waals surface area contributed by atoms with Crippen LogP contribution in [0.25, 0.3) is 0 Å². The molecule has 1 aliphatic rings. The van der Waals surface area contributed by atoms with Crippen LogP contribution >= 0.6 is 11.8 Å². The number of hydrogen-bond donors (Lipinski definition) is 1. The number of aliphatic hydroxyl groups is 1. The number of nitrogens with zero attached hydrogens (tertiary/aromatic N) is 1. The highest BCUT2D eigenvalue weighted by Crippen LogP contribution is 2.29. The van der Waals surface area contributed by atoms with E-state index in [4.69, 9.17) is 0 Å². The van der Waals surface area contributed by atoms with Crippen LogP contribution in [0.3, 0.4) is 0 Å². The standard InChI is InChI=1S/C13H15F2NO2S/c14-13(15)19-11-4-2-1-3-10(11)12(18)16-7-5-9(17)6-8-16/h1-4,9,13,17H,5-8H2. The Balaban J connectivity index is 2.14. The van der Waals surface area contributed by atoms with Crippen LogP contribution in [-0.4, -0.2) is 40.9 Å². The molecule has 0 unspecified atom stereocenters. The minimum Gasteiger partial charge on any atom is -0.393 e. The van der Waals surface area contributed by atoms with E-state index in [1.54, 1.807) is 23.1 Å². The van der Waals surface area contributed by atoms with Gasteiger partial charge in [-0.3, -0.25) is 4.79 Å². The molecule has 0 bridgehead atoms. The van der Waals surface area contributed by atoms with Crippen LogP contribution in [0.2, 0.25) is 0 Å². The molecular weight excluding hydrogens is 272 g/mol. The molecule has 1 aromatic rings. The number of carbonyl (C=O) groups excluding carboxylic acids is 1. The molecule has 3 nitrogen and oxygen atoms in total. The highest BCUT2D eigenvalue weighted by Gasteiger charge is 2.24. The molecule has 1 amide bonds. The van der Waals surface area contributed by atoms with Crippen molar-refractivity contribution in [2.45, 2.75) is 29.6 Å². The predicted molar refractivity (Wildman–Crippen MR) is 69.4 cm³/mol. The van der Waals surface area contributed by atoms with Gasteiger partial charge in [0.1, 0.15) is 0 Å². The second kappa shape index (κ2) is 6.34. The van der Waals surface area contributed by atoms with Gasteiger partial charge in [0.05, 0.1) is 11.7 Å². The Morgan fingerprint density at radius 2 is 1.95 bits per heavy atom. The third kappa shape index (κ3) is 3.67. The summed E-state index contributed by atoms with van der Waals surface area (Å²) in [6.07, 6.45) is 0.709. The molecule has 0 spiro atoms. The summed E-state index contributed by atoms with van der Waals surface area (Å²) in [5, 5.41) is 9.41. The van der Waals surface area contributed by atoms with Gasteiger partial charge in [-0.25, -0.2) is 0 Å². The fraction of sp³-hybridized carbons (Fsp3) is 0.462. The minimum atomic E-state index is -2.54. The SMILES string of the molecule is O=C(c1ccccc1SC(F)F)N1CCC(O)CC1. The van der Waals surface area contributed by atoms with Crippen molar-refractivity contribution in [3.05, 3.63) is 29.8 Å². The number of carbonyl (C=O) groups is 1. The fourth-order valence-electron chi connectivity index (χ4n) is 2.08. The van der Waals surface area contributed by atoms with E-state index in [-0.39, 0.29) is 12.0 Å². The third-order valence-corrected chi connectivity index (χ3v) is 3.87. The zero-order chi connectivity index (χ0) is 13.8. The van der Waals surface area contributed by atoms with Crippen molar-refractivity contribution in [1.29, 1.82) is 0 Å². The molecule has 0 radical (unpaired) electrons. The lowest BCUT2D eigenvalue weighted by atomic mass is 10.1. The lowest BCUT2D eigenvalue weighted by Gasteiger charge is -2.30. The van der Waals surface area contributed by atoms with Crippen molar-refractivity contribution in [1.82, 2.24) is 4.90 Å². The Morgan fingerprint density at radius 1 is 1.32 bits per heavy atom. The number of thioether (sulfide) groups is 1. The first-order chi connectivity index (χ1) is 9.08. The zero-order valence-electron chi connectivity index (χ0n) is 10.3. The number of halogens is 2. The van der Waals surface area contributed by atoms with Crippen molar-refractivity contribution in [2.24, 2.45) is 0 Å². The first kappa shape index (κ1) is 14.3. The normalized spacial score (nSPS) is 16.9. The minimum absolute atomic E-state index is 0.240. The van der Waals surface area contributed by atoms with Crippen LogP contribution in [0.15, 0.2) is 29.2 Å². The second-order valence-corrected chi connectivity index (χ2v) is 5.43. The van der Waals surface area contributed by atoms with E-state index in [0.29, 0.717) is 48.2 Å². The van der Waals surface area contributed by atoms with Gasteiger partial charge in [0.15, 0.2) is 0 Å². The molecule has 1 heterocycles. The first-order valence-electron chi connectivity index (χ1n) is 6.09. The predicted octanol–water partition coefficient (Wildman–Crippen LogP) is 2.60. The van der Waals surface area contributed by atoms with Crippen LogP contribution < -0.4 is 0 Å². The van der Waals surface area contributed by atoms with Crippen molar-refractivity contribution in [3.8, 4) is 0 Å². The quantitative estimate of drug-likeness (QED) is 0.869. The van der Waals surface area contributed by atoms with Crippen molar-refractivity contribution < 1.29 is 18.7 Å². The van der Waals surface area contributed by atoms with E-state index in [1.165, 1.54) is 6.07 Å². The lowest BCUT2D eigenvalue weighted by Crippen LogP contribution is -2.40. The fourth-order valence-corrected chi connectivity index (χ4v) is 2.71. The van der Waals surface area contributed by atoms with Crippen molar-refractivity contribution in [3.63, 3.8) is 0 Å². The Bertz CT molecular complexity index is 448. The number of piperidine rings is 1. The Hall–Kier alpha value is -1.14. The molecule has 2 rings (SSSR count). The van der Waals surface area contributed by atoms with Crippen LogP contribution in [0.5, 0.6) is 0 Å². The molecule has 104 valence electrons. The summed E-state index contributed by atoms with van der Waals surface area (Å²) >= 11 is 0.388. The van der Waals surface area contributed by atoms with Gasteiger partial charge < -0.3 is 10.0 Å². The van der Waals surface area contributed by atoms with Gasteiger partial charge in [0.25, 0.3) is 11.7 Å². The van der Waals surface area contributed by atoms with Crippen LogP contribution in [0.1, 0.15) is 23.2 Å². The topological polar surface area (TPSA) is 40.5 Å². The van der Waals surface area contributed by atoms with Crippen LogP contribution in [-0.2, 0) is 0 Å². The maximum atomic E-state index is 12.5. The van der Waals surface area contributed by atoms with Crippen molar-refractivity contribution in [2.75, 3.05) is 13.1 Å². The number of rotatable bonds is 3. The number of alkyl halides is 2. The lowest BCUT2D eigenvalue weighted by molar-refractivity contribution is 0.0543. The van der Waals surface area contributed by atoms with Gasteiger partial charge in [-0.2, -0.15) is 8.78 Å². The Morgan fingerprint density at radius 3 is 2.58 bits per heavy atom. The maximum Gasteiger partial charge on any atom is 0.288 e. The molecule has 19 heavy (non-hydrogen) atoms. The summed E-state index contributed by atoms with van der Waals surface area (Å²) in [5.41, 5.74) is 0.309. The molecule has 0 aromatic heterocycles. The van der Waals surface area contributed by atoms with Gasteiger partial charge in [0, 0.05) is 18.0 Å². The molecule has 1 N–H and O–H groups in total. The molecule has 0 saturated carbocycles. The maximum absolute atomic E-state index is 12.5. The zero-order valence-corrected chi connectivity index (χ0v) is 11.1. The number of hydrogen-bond acceptors (Lipinski definition) is 3. The highest BCUT2D eigenvalue weighted by molar-refractivity contribution is 7.99. The molecule has 1 saturated heterocycles. The van der Waals surface area contributed by atoms with E-state index < -0.39 is 5.76 Å². The first-order valence-corrected chi connectivity index (χ1v) is 6.97. The van der Waals surface area contributed by atoms with E-state index in [9.17, 15) is 18.7 Å². The third-order valence-electron chi connectivity index (χ3n) is 3.09. The molecular formula is C13H15F2NO2S. The largest absolute Gasteiger partial charge is 0.393 e. The summed E-state index contributed by atoms with van der Waals surface area (Å²) in [4.78, 5) is 14.2. The van der Waals surface area contributed by atoms with E-state index in [1.807, 2.05) is 0 Å². The number of benzene rings is 1. The summed E-state index contributed by atoms with van der Waals surface area (Å²) in [7, 11) is 0. The molecule has 1 aliphatic heterocycles. The number of amides is 1. The molecule has 6 heteroatoms. The summed E-state index contributed by atoms with van der Waals surface area (Å²) in [6, 6.07) is 6.41. The molecule has 0 atom stereocenters. The Kier molecular flexibility index (Phi) is 4.76. The smallest absolute Gasteiger partial charge is 0.288 e. The average Bonchev–Trinajstić information content (AvgIpc) is 2.39. The Labute approximate surface area is 114 Å². The summed E-state index contributed by atoms with van der Waals surface area (Å²) < 4.78 is 24.9. The average molecular weight is 287 g/mol. The highest BCUT2D eigenvalue weighted by atomic mass is 32.2. The molecule has 1 fully saturated rings. The van der Waals surface area contributed by atoms with Crippen molar-refractivity contribution >= 4 is 17.7 Å². The summed E-state index contributed by atoms with van der Waals surface area (Å²) in [6.45, 7) is 0.932. The second-order valence-electron chi connectivity index (χ2n) is 4.40. The molecule has 1 aromatic carbocycles. The van der Waals surface area contributed by atoms with Gasteiger partial charge in [-0.15, -0.1) is 0 Å². The number of likely N-dealkylation sites (tertiary alicyclic amines) is 1. The summed E-state index contributed by atoms with van der Waals surface area (Å²) in [5.74, 6) is -2.78. The van der Waals surface area contributed by atoms with Crippen LogP contribution in [0.4, 0.5) is 8.78 Å². The number of aliphatic hydroxyl groups excluding tert-OH is 1. The molecule has 0 aliphatic carbocycles. The van der Waals surface area contributed by atoms with Crippen LogP contribution in [0, 0.1) is 0 Å². The van der Waals surface area contributed by atoms with Gasteiger partial charge >= 0.3 is 0 Å². The van der Waals surface area contributed by atoms with Gasteiger partial charge in [0.2, 0.25) is 0 Å².